The van der Waals surface area contributed by atoms with Gasteiger partial charge >= 0.3 is 6.03 Å². The molecule has 0 saturated carbocycles. The van der Waals surface area contributed by atoms with Crippen LogP contribution in [0.5, 0.6) is 0 Å². The van der Waals surface area contributed by atoms with E-state index in [1.165, 1.54) is 6.08 Å². The zero-order valence-corrected chi connectivity index (χ0v) is 12.7. The summed E-state index contributed by atoms with van der Waals surface area (Å²) in [5.41, 5.74) is 1.96. The second kappa shape index (κ2) is 5.57. The van der Waals surface area contributed by atoms with Crippen molar-refractivity contribution < 1.29 is 14.4 Å². The Labute approximate surface area is 133 Å². The van der Waals surface area contributed by atoms with E-state index < -0.39 is 17.8 Å². The number of carbonyl (C=O) groups excluding carboxylic acids is 3. The number of barbiturate groups is 1. The SMILES string of the molecule is Cc1cccc(N2C(=O)NC(=O)/C(=C/c3cccn3C)C2=O)c1. The highest BCUT2D eigenvalue weighted by Crippen LogP contribution is 2.22. The van der Waals surface area contributed by atoms with Crippen molar-refractivity contribution in [1.82, 2.24) is 9.88 Å². The first-order valence-electron chi connectivity index (χ1n) is 7.07. The third-order valence-corrected chi connectivity index (χ3v) is 3.64. The highest BCUT2D eigenvalue weighted by atomic mass is 16.2. The molecule has 4 amide bonds. The van der Waals surface area contributed by atoms with E-state index in [-0.39, 0.29) is 5.57 Å². The Kier molecular flexibility index (Phi) is 3.57. The fraction of sp³-hybridized carbons (Fsp3) is 0.118. The molecule has 6 heteroatoms. The van der Waals surface area contributed by atoms with E-state index in [1.54, 1.807) is 48.1 Å². The lowest BCUT2D eigenvalue weighted by Crippen LogP contribution is -2.54. The van der Waals surface area contributed by atoms with Crippen LogP contribution in [0, 0.1) is 6.92 Å². The molecule has 2 heterocycles. The van der Waals surface area contributed by atoms with Gasteiger partial charge in [-0.15, -0.1) is 0 Å². The monoisotopic (exact) mass is 309 g/mol. The highest BCUT2D eigenvalue weighted by molar-refractivity contribution is 6.39. The van der Waals surface area contributed by atoms with Crippen LogP contribution in [0.1, 0.15) is 11.3 Å². The van der Waals surface area contributed by atoms with E-state index >= 15 is 0 Å². The highest BCUT2D eigenvalue weighted by Gasteiger charge is 2.36. The van der Waals surface area contributed by atoms with E-state index in [0.717, 1.165) is 10.5 Å². The smallest absolute Gasteiger partial charge is 0.335 e. The Morgan fingerprint density at radius 1 is 1.09 bits per heavy atom. The minimum atomic E-state index is -0.741. The number of hydrogen-bond donors (Lipinski definition) is 1. The number of urea groups is 1. The second-order valence-electron chi connectivity index (χ2n) is 5.34. The Hall–Kier alpha value is -3.15. The van der Waals surface area contributed by atoms with Crippen LogP contribution in [0.25, 0.3) is 6.08 Å². The van der Waals surface area contributed by atoms with Crippen LogP contribution in [0.15, 0.2) is 48.2 Å². The molecule has 0 spiro atoms. The molecule has 3 rings (SSSR count). The molecule has 1 aromatic carbocycles. The van der Waals surface area contributed by atoms with Crippen LogP contribution < -0.4 is 10.2 Å². The summed E-state index contributed by atoms with van der Waals surface area (Å²) in [6.45, 7) is 1.86. The summed E-state index contributed by atoms with van der Waals surface area (Å²) in [4.78, 5) is 37.8. The molecular weight excluding hydrogens is 294 g/mol. The van der Waals surface area contributed by atoms with Gasteiger partial charge in [-0.2, -0.15) is 0 Å². The molecule has 1 aromatic heterocycles. The number of nitrogens with zero attached hydrogens (tertiary/aromatic N) is 2. The van der Waals surface area contributed by atoms with Gasteiger partial charge in [0.15, 0.2) is 0 Å². The average molecular weight is 309 g/mol. The summed E-state index contributed by atoms with van der Waals surface area (Å²) in [5.74, 6) is -1.32. The van der Waals surface area contributed by atoms with Crippen molar-refractivity contribution >= 4 is 29.6 Å². The molecule has 0 aliphatic carbocycles. The van der Waals surface area contributed by atoms with Gasteiger partial charge in [-0.25, -0.2) is 9.69 Å². The molecule has 0 atom stereocenters. The lowest BCUT2D eigenvalue weighted by molar-refractivity contribution is -0.122. The molecule has 6 nitrogen and oxygen atoms in total. The fourth-order valence-corrected chi connectivity index (χ4v) is 2.43. The van der Waals surface area contributed by atoms with Gasteiger partial charge < -0.3 is 4.57 Å². The molecule has 1 fully saturated rings. The standard InChI is InChI=1S/C17H15N3O3/c1-11-5-3-6-13(9-11)20-16(22)14(15(21)18-17(20)23)10-12-7-4-8-19(12)2/h3-10H,1-2H3,(H,18,21,23)/b14-10-. The van der Waals surface area contributed by atoms with Crippen molar-refractivity contribution in [3.63, 3.8) is 0 Å². The van der Waals surface area contributed by atoms with Gasteiger partial charge in [0.25, 0.3) is 11.8 Å². The van der Waals surface area contributed by atoms with Crippen molar-refractivity contribution in [1.29, 1.82) is 0 Å². The first kappa shape index (κ1) is 14.8. The number of aryl methyl sites for hydroxylation is 2. The number of amides is 4. The first-order valence-corrected chi connectivity index (χ1v) is 7.07. The molecule has 1 saturated heterocycles. The molecule has 2 aromatic rings. The molecular formula is C17H15N3O3. The number of aromatic nitrogens is 1. The van der Waals surface area contributed by atoms with E-state index in [9.17, 15) is 14.4 Å². The lowest BCUT2D eigenvalue weighted by atomic mass is 10.1. The molecule has 1 aliphatic rings. The number of benzene rings is 1. The van der Waals surface area contributed by atoms with Crippen LogP contribution in [0.3, 0.4) is 0 Å². The number of hydrogen-bond acceptors (Lipinski definition) is 3. The summed E-state index contributed by atoms with van der Waals surface area (Å²) in [6.07, 6.45) is 3.29. The van der Waals surface area contributed by atoms with Gasteiger partial charge in [-0.1, -0.05) is 12.1 Å². The lowest BCUT2D eigenvalue weighted by Gasteiger charge is -2.26. The van der Waals surface area contributed by atoms with Gasteiger partial charge in [0.1, 0.15) is 5.57 Å². The summed E-state index contributed by atoms with van der Waals surface area (Å²) in [5, 5.41) is 2.21. The quantitative estimate of drug-likeness (QED) is 0.681. The van der Waals surface area contributed by atoms with Crippen molar-refractivity contribution in [3.8, 4) is 0 Å². The largest absolute Gasteiger partial charge is 0.351 e. The van der Waals surface area contributed by atoms with E-state index in [0.29, 0.717) is 11.4 Å². The number of nitrogens with one attached hydrogen (secondary N) is 1. The predicted octanol–water partition coefficient (Wildman–Crippen LogP) is 2.00. The number of imide groups is 2. The molecule has 23 heavy (non-hydrogen) atoms. The van der Waals surface area contributed by atoms with Crippen molar-refractivity contribution in [2.75, 3.05) is 4.90 Å². The third-order valence-electron chi connectivity index (χ3n) is 3.64. The average Bonchev–Trinajstić information content (AvgIpc) is 2.88. The Bertz CT molecular complexity index is 848. The molecule has 1 N–H and O–H groups in total. The maximum Gasteiger partial charge on any atom is 0.335 e. The zero-order chi connectivity index (χ0) is 16.6. The second-order valence-corrected chi connectivity index (χ2v) is 5.34. The number of carbonyl (C=O) groups is 3. The Morgan fingerprint density at radius 3 is 2.52 bits per heavy atom. The summed E-state index contributed by atoms with van der Waals surface area (Å²) in [7, 11) is 1.81. The topological polar surface area (TPSA) is 71.4 Å². The molecule has 116 valence electrons. The minimum absolute atomic E-state index is 0.0760. The van der Waals surface area contributed by atoms with E-state index in [4.69, 9.17) is 0 Å². The van der Waals surface area contributed by atoms with Gasteiger partial charge in [0.05, 0.1) is 5.69 Å². The number of anilines is 1. The van der Waals surface area contributed by atoms with Gasteiger partial charge in [0, 0.05) is 18.9 Å². The maximum absolute atomic E-state index is 12.7. The van der Waals surface area contributed by atoms with Gasteiger partial charge in [-0.3, -0.25) is 14.9 Å². The molecule has 0 unspecified atom stereocenters. The number of rotatable bonds is 2. The molecule has 0 bridgehead atoms. The van der Waals surface area contributed by atoms with Crippen molar-refractivity contribution in [2.45, 2.75) is 6.92 Å². The summed E-state index contributed by atoms with van der Waals surface area (Å²) in [6, 6.07) is 9.83. The van der Waals surface area contributed by atoms with Crippen LogP contribution in [0.2, 0.25) is 0 Å². The van der Waals surface area contributed by atoms with Crippen LogP contribution in [0.4, 0.5) is 10.5 Å². The molecule has 1 aliphatic heterocycles. The van der Waals surface area contributed by atoms with Crippen LogP contribution in [-0.4, -0.2) is 22.4 Å². The van der Waals surface area contributed by atoms with E-state index in [1.807, 2.05) is 13.0 Å². The minimum Gasteiger partial charge on any atom is -0.351 e. The normalized spacial score (nSPS) is 16.9. The van der Waals surface area contributed by atoms with E-state index in [2.05, 4.69) is 5.32 Å². The van der Waals surface area contributed by atoms with Crippen molar-refractivity contribution in [2.24, 2.45) is 7.05 Å². The van der Waals surface area contributed by atoms with Crippen molar-refractivity contribution in [3.05, 3.63) is 59.4 Å². The Morgan fingerprint density at radius 2 is 1.87 bits per heavy atom. The predicted molar refractivity (Wildman–Crippen MR) is 85.6 cm³/mol. The van der Waals surface area contributed by atoms with Gasteiger partial charge in [-0.05, 0) is 42.8 Å². The van der Waals surface area contributed by atoms with Gasteiger partial charge in [0.2, 0.25) is 0 Å². The fourth-order valence-electron chi connectivity index (χ4n) is 2.43. The van der Waals surface area contributed by atoms with Crippen LogP contribution in [-0.2, 0) is 16.6 Å². The molecule has 0 radical (unpaired) electrons. The zero-order valence-electron chi connectivity index (χ0n) is 12.7. The third kappa shape index (κ3) is 2.66. The summed E-state index contributed by atoms with van der Waals surface area (Å²) < 4.78 is 1.78. The summed E-state index contributed by atoms with van der Waals surface area (Å²) >= 11 is 0. The first-order chi connectivity index (χ1) is 11.0. The Balaban J connectivity index is 2.04. The maximum atomic E-state index is 12.7. The van der Waals surface area contributed by atoms with Crippen LogP contribution >= 0.6 is 0 Å².